The molecule has 23 heavy (non-hydrogen) atoms. The first-order chi connectivity index (χ1) is 11.2. The molecule has 0 aromatic rings. The number of unbranched alkanes of at least 4 members (excludes halogenated alkanes) is 10. The summed E-state index contributed by atoms with van der Waals surface area (Å²) in [7, 11) is 1.37. The van der Waals surface area contributed by atoms with E-state index >= 15 is 0 Å². The van der Waals surface area contributed by atoms with E-state index in [0.717, 1.165) is 12.8 Å². The maximum Gasteiger partial charge on any atom is 0.311 e. The highest BCUT2D eigenvalue weighted by Gasteiger charge is 2.25. The quantitative estimate of drug-likeness (QED) is 0.234. The summed E-state index contributed by atoms with van der Waals surface area (Å²) >= 11 is 0. The van der Waals surface area contributed by atoms with Crippen LogP contribution in [0.25, 0.3) is 0 Å². The minimum atomic E-state index is -0.612. The van der Waals surface area contributed by atoms with Crippen molar-refractivity contribution >= 4 is 5.97 Å². The summed E-state index contributed by atoms with van der Waals surface area (Å²) in [6.07, 6.45) is 16.4. The molecule has 3 heteroatoms. The molecule has 1 N–H and O–H groups in total. The number of rotatable bonds is 16. The molecule has 0 aliphatic heterocycles. The van der Waals surface area contributed by atoms with Gasteiger partial charge in [0.25, 0.3) is 0 Å². The molecule has 0 bridgehead atoms. The molecule has 2 atom stereocenters. The summed E-state index contributed by atoms with van der Waals surface area (Å²) < 4.78 is 4.75. The average Bonchev–Trinajstić information content (AvgIpc) is 2.56. The summed E-state index contributed by atoms with van der Waals surface area (Å²) in [5, 5.41) is 10.1. The molecule has 0 saturated heterocycles. The highest BCUT2D eigenvalue weighted by atomic mass is 16.5. The summed E-state index contributed by atoms with van der Waals surface area (Å²) in [5.74, 6) is -0.791. The summed E-state index contributed by atoms with van der Waals surface area (Å²) in [6, 6.07) is 0. The molecule has 3 nitrogen and oxygen atoms in total. The molecule has 0 saturated carbocycles. The SMILES string of the molecule is C=CC[C@H](C(=O)OC)[C@@H](O)CCCCCCCCCCCCC. The highest BCUT2D eigenvalue weighted by Crippen LogP contribution is 2.18. The van der Waals surface area contributed by atoms with Crippen molar-refractivity contribution in [2.45, 2.75) is 96.5 Å². The van der Waals surface area contributed by atoms with Crippen molar-refractivity contribution in [1.82, 2.24) is 0 Å². The number of hydrogen-bond acceptors (Lipinski definition) is 3. The Morgan fingerprint density at radius 2 is 1.48 bits per heavy atom. The minimum absolute atomic E-state index is 0.333. The number of methoxy groups -OCH3 is 1. The second-order valence-corrected chi connectivity index (χ2v) is 6.55. The van der Waals surface area contributed by atoms with Gasteiger partial charge in [0.05, 0.1) is 19.1 Å². The van der Waals surface area contributed by atoms with E-state index in [9.17, 15) is 9.90 Å². The van der Waals surface area contributed by atoms with Crippen LogP contribution < -0.4 is 0 Å². The van der Waals surface area contributed by atoms with Crippen LogP contribution in [-0.4, -0.2) is 24.3 Å². The topological polar surface area (TPSA) is 46.5 Å². The van der Waals surface area contributed by atoms with E-state index in [2.05, 4.69) is 13.5 Å². The van der Waals surface area contributed by atoms with Gasteiger partial charge in [0.2, 0.25) is 0 Å². The van der Waals surface area contributed by atoms with Crippen LogP contribution >= 0.6 is 0 Å². The van der Waals surface area contributed by atoms with Crippen LogP contribution in [0.1, 0.15) is 90.4 Å². The zero-order valence-electron chi connectivity index (χ0n) is 15.4. The Bertz CT molecular complexity index is 289. The lowest BCUT2D eigenvalue weighted by Gasteiger charge is -2.19. The Balaban J connectivity index is 3.55. The third-order valence-electron chi connectivity index (χ3n) is 4.49. The van der Waals surface area contributed by atoms with Crippen molar-refractivity contribution < 1.29 is 14.6 Å². The van der Waals surface area contributed by atoms with Crippen LogP contribution in [0, 0.1) is 5.92 Å². The largest absolute Gasteiger partial charge is 0.469 e. The summed E-state index contributed by atoms with van der Waals surface area (Å²) in [5.41, 5.74) is 0. The molecule has 136 valence electrons. The van der Waals surface area contributed by atoms with E-state index in [1.54, 1.807) is 6.08 Å². The Morgan fingerprint density at radius 3 is 1.91 bits per heavy atom. The van der Waals surface area contributed by atoms with Gasteiger partial charge in [-0.25, -0.2) is 0 Å². The number of aliphatic hydroxyl groups is 1. The van der Waals surface area contributed by atoms with Crippen LogP contribution in [0.3, 0.4) is 0 Å². The molecule has 0 heterocycles. The molecular formula is C20H38O3. The van der Waals surface area contributed by atoms with E-state index in [1.807, 2.05) is 0 Å². The summed E-state index contributed by atoms with van der Waals surface area (Å²) in [6.45, 7) is 5.89. The fraction of sp³-hybridized carbons (Fsp3) is 0.850. The van der Waals surface area contributed by atoms with E-state index in [0.29, 0.717) is 12.8 Å². The molecule has 0 radical (unpaired) electrons. The van der Waals surface area contributed by atoms with Crippen LogP contribution in [0.15, 0.2) is 12.7 Å². The molecule has 0 aliphatic rings. The third-order valence-corrected chi connectivity index (χ3v) is 4.49. The Kier molecular flexibility index (Phi) is 15.5. The lowest BCUT2D eigenvalue weighted by Crippen LogP contribution is -2.28. The molecule has 0 amide bonds. The third kappa shape index (κ3) is 12.3. The van der Waals surface area contributed by atoms with Gasteiger partial charge in [-0.2, -0.15) is 0 Å². The lowest BCUT2D eigenvalue weighted by atomic mass is 9.94. The van der Waals surface area contributed by atoms with E-state index < -0.39 is 12.0 Å². The first kappa shape index (κ1) is 22.2. The van der Waals surface area contributed by atoms with Crippen LogP contribution in [0.4, 0.5) is 0 Å². The number of carbonyl (C=O) groups excluding carboxylic acids is 1. The number of aliphatic hydroxyl groups excluding tert-OH is 1. The van der Waals surface area contributed by atoms with Crippen LogP contribution in [0.2, 0.25) is 0 Å². The fourth-order valence-electron chi connectivity index (χ4n) is 2.96. The van der Waals surface area contributed by atoms with Gasteiger partial charge in [0, 0.05) is 0 Å². The number of carbonyl (C=O) groups is 1. The van der Waals surface area contributed by atoms with Gasteiger partial charge in [-0.05, 0) is 12.8 Å². The van der Waals surface area contributed by atoms with Gasteiger partial charge in [-0.15, -0.1) is 6.58 Å². The van der Waals surface area contributed by atoms with Gasteiger partial charge in [-0.1, -0.05) is 83.6 Å². The van der Waals surface area contributed by atoms with Gasteiger partial charge in [0.15, 0.2) is 0 Å². The molecule has 0 aromatic heterocycles. The van der Waals surface area contributed by atoms with Crippen molar-refractivity contribution in [1.29, 1.82) is 0 Å². The molecule has 0 rings (SSSR count). The molecule has 0 spiro atoms. The normalized spacial score (nSPS) is 13.5. The molecule has 0 aliphatic carbocycles. The second kappa shape index (κ2) is 16.0. The predicted molar refractivity (Wildman–Crippen MR) is 97.4 cm³/mol. The van der Waals surface area contributed by atoms with Crippen molar-refractivity contribution in [3.63, 3.8) is 0 Å². The highest BCUT2D eigenvalue weighted by molar-refractivity contribution is 5.73. The molecule has 0 fully saturated rings. The summed E-state index contributed by atoms with van der Waals surface area (Å²) in [4.78, 5) is 11.6. The standard InChI is InChI=1S/C20H38O3/c1-4-6-7-8-9-10-11-12-13-14-15-17-19(21)18(16-5-2)20(22)23-3/h5,18-19,21H,2,4,6-17H2,1,3H3/t18-,19-/m0/s1. The Labute approximate surface area is 143 Å². The first-order valence-corrected chi connectivity index (χ1v) is 9.54. The van der Waals surface area contributed by atoms with Crippen molar-refractivity contribution in [2.75, 3.05) is 7.11 Å². The van der Waals surface area contributed by atoms with Crippen molar-refractivity contribution in [2.24, 2.45) is 5.92 Å². The van der Waals surface area contributed by atoms with E-state index in [-0.39, 0.29) is 5.97 Å². The zero-order chi connectivity index (χ0) is 17.3. The monoisotopic (exact) mass is 326 g/mol. The number of ether oxygens (including phenoxy) is 1. The minimum Gasteiger partial charge on any atom is -0.469 e. The van der Waals surface area contributed by atoms with Gasteiger partial charge < -0.3 is 9.84 Å². The smallest absolute Gasteiger partial charge is 0.311 e. The average molecular weight is 327 g/mol. The fourth-order valence-corrected chi connectivity index (χ4v) is 2.96. The van der Waals surface area contributed by atoms with Crippen LogP contribution in [0.5, 0.6) is 0 Å². The number of hydrogen-bond donors (Lipinski definition) is 1. The Morgan fingerprint density at radius 1 is 1.00 bits per heavy atom. The number of esters is 1. The predicted octanol–water partition coefficient (Wildman–Crippen LogP) is 5.41. The molecule has 0 aromatic carbocycles. The Hall–Kier alpha value is -0.830. The second-order valence-electron chi connectivity index (χ2n) is 6.55. The van der Waals surface area contributed by atoms with E-state index in [4.69, 9.17) is 4.74 Å². The first-order valence-electron chi connectivity index (χ1n) is 9.54. The number of allylic oxidation sites excluding steroid dienone is 1. The van der Waals surface area contributed by atoms with Crippen molar-refractivity contribution in [3.05, 3.63) is 12.7 Å². The van der Waals surface area contributed by atoms with Gasteiger partial charge in [0.1, 0.15) is 0 Å². The van der Waals surface area contributed by atoms with E-state index in [1.165, 1.54) is 64.9 Å². The zero-order valence-corrected chi connectivity index (χ0v) is 15.4. The van der Waals surface area contributed by atoms with Gasteiger partial charge in [-0.3, -0.25) is 4.79 Å². The maximum absolute atomic E-state index is 11.6. The molecular weight excluding hydrogens is 288 g/mol. The lowest BCUT2D eigenvalue weighted by molar-refractivity contribution is -0.149. The maximum atomic E-state index is 11.6. The molecule has 0 unspecified atom stereocenters. The van der Waals surface area contributed by atoms with Crippen molar-refractivity contribution in [3.8, 4) is 0 Å². The van der Waals surface area contributed by atoms with Crippen LogP contribution in [-0.2, 0) is 9.53 Å². The van der Waals surface area contributed by atoms with Gasteiger partial charge >= 0.3 is 5.97 Å².